The van der Waals surface area contributed by atoms with Gasteiger partial charge >= 0.3 is 5.97 Å². The number of nitrogen functional groups attached to an aromatic ring is 1. The summed E-state index contributed by atoms with van der Waals surface area (Å²) in [7, 11) is 0. The molecule has 0 atom stereocenters. The molecule has 0 saturated carbocycles. The molecule has 0 bridgehead atoms. The lowest BCUT2D eigenvalue weighted by Crippen LogP contribution is -2.15. The average molecular weight is 405 g/mol. The molecule has 0 radical (unpaired) electrons. The molecule has 1 aliphatic heterocycles. The van der Waals surface area contributed by atoms with Crippen LogP contribution >= 0.6 is 0 Å². The Morgan fingerprint density at radius 3 is 2.43 bits per heavy atom. The number of hydrogen-bond acceptors (Lipinski definition) is 8. The molecule has 152 valence electrons. The van der Waals surface area contributed by atoms with E-state index in [0.29, 0.717) is 12.2 Å². The number of nitrogens with two attached hydrogens (primary N) is 1. The SMILES string of the molecule is C1=CC=CNC=C1.Nc1nc2ncc(CNc3ccc(C(=O)O)cc3)nc2c(=O)[nH]1. The summed E-state index contributed by atoms with van der Waals surface area (Å²) < 4.78 is 0. The number of rotatable bonds is 4. The highest BCUT2D eigenvalue weighted by Gasteiger charge is 2.07. The number of H-pyrrole nitrogens is 1. The highest BCUT2D eigenvalue weighted by Crippen LogP contribution is 2.11. The van der Waals surface area contributed by atoms with Crippen LogP contribution in [-0.2, 0) is 6.54 Å². The number of carbonyl (C=O) groups is 1. The molecule has 3 aromatic rings. The van der Waals surface area contributed by atoms with Crippen LogP contribution in [-0.4, -0.2) is 31.0 Å². The largest absolute Gasteiger partial charge is 0.478 e. The Kier molecular flexibility index (Phi) is 6.51. The van der Waals surface area contributed by atoms with E-state index < -0.39 is 11.5 Å². The predicted octanol–water partition coefficient (Wildman–Crippen LogP) is 1.78. The molecule has 6 N–H and O–H groups in total. The van der Waals surface area contributed by atoms with E-state index in [9.17, 15) is 9.59 Å². The summed E-state index contributed by atoms with van der Waals surface area (Å²) in [6.45, 7) is 0.319. The predicted molar refractivity (Wildman–Crippen MR) is 114 cm³/mol. The zero-order valence-electron chi connectivity index (χ0n) is 15.7. The normalized spacial score (nSPS) is 11.9. The van der Waals surface area contributed by atoms with Crippen molar-refractivity contribution in [1.29, 1.82) is 0 Å². The van der Waals surface area contributed by atoms with Crippen molar-refractivity contribution in [3.8, 4) is 0 Å². The van der Waals surface area contributed by atoms with E-state index in [0.717, 1.165) is 5.69 Å². The minimum atomic E-state index is -0.983. The van der Waals surface area contributed by atoms with Crippen molar-refractivity contribution in [2.75, 3.05) is 11.1 Å². The molecule has 10 heteroatoms. The first-order chi connectivity index (χ1) is 14.5. The fraction of sp³-hybridized carbons (Fsp3) is 0.0500. The zero-order valence-corrected chi connectivity index (χ0v) is 15.7. The van der Waals surface area contributed by atoms with Crippen LogP contribution in [0.4, 0.5) is 11.6 Å². The van der Waals surface area contributed by atoms with Gasteiger partial charge in [0.25, 0.3) is 5.56 Å². The van der Waals surface area contributed by atoms with Gasteiger partial charge in [0.15, 0.2) is 11.2 Å². The van der Waals surface area contributed by atoms with Crippen molar-refractivity contribution < 1.29 is 9.90 Å². The first-order valence-electron chi connectivity index (χ1n) is 8.86. The van der Waals surface area contributed by atoms with E-state index >= 15 is 0 Å². The Hall–Kier alpha value is -4.47. The second-order valence-electron chi connectivity index (χ2n) is 5.99. The molecule has 0 fully saturated rings. The van der Waals surface area contributed by atoms with E-state index in [1.807, 2.05) is 36.7 Å². The zero-order chi connectivity index (χ0) is 21.3. The van der Waals surface area contributed by atoms with Gasteiger partial charge in [0, 0.05) is 18.1 Å². The van der Waals surface area contributed by atoms with Crippen LogP contribution in [0.25, 0.3) is 11.2 Å². The molecule has 0 amide bonds. The lowest BCUT2D eigenvalue weighted by atomic mass is 10.2. The van der Waals surface area contributed by atoms with Gasteiger partial charge in [-0.2, -0.15) is 4.98 Å². The van der Waals surface area contributed by atoms with Gasteiger partial charge in [0.05, 0.1) is 24.0 Å². The quantitative estimate of drug-likeness (QED) is 0.436. The van der Waals surface area contributed by atoms with Gasteiger partial charge in [0.2, 0.25) is 5.95 Å². The third-order valence-electron chi connectivity index (χ3n) is 3.81. The molecular formula is C20H19N7O3. The first kappa shape index (κ1) is 20.3. The standard InChI is InChI=1S/C14H12N6O3.C6H7N/c15-14-19-11-10(12(21)20-14)18-9(6-17-11)5-16-8-3-1-7(2-4-8)13(22)23;1-2-4-6-7-5-3-1/h1-4,6,16H,5H2,(H,22,23)(H3,15,17,19,20,21);1-7H. The van der Waals surface area contributed by atoms with Crippen molar-refractivity contribution in [3.63, 3.8) is 0 Å². The Morgan fingerprint density at radius 2 is 1.77 bits per heavy atom. The number of aromatic carboxylic acids is 1. The van der Waals surface area contributed by atoms with Crippen LogP contribution in [0, 0.1) is 0 Å². The lowest BCUT2D eigenvalue weighted by Gasteiger charge is -2.06. The van der Waals surface area contributed by atoms with E-state index in [4.69, 9.17) is 10.8 Å². The maximum atomic E-state index is 11.8. The maximum Gasteiger partial charge on any atom is 0.335 e. The number of anilines is 2. The summed E-state index contributed by atoms with van der Waals surface area (Å²) in [6.07, 6.45) is 13.1. The number of nitrogens with one attached hydrogen (secondary N) is 3. The number of nitrogens with zero attached hydrogens (tertiary/aromatic N) is 3. The van der Waals surface area contributed by atoms with Gasteiger partial charge in [0.1, 0.15) is 0 Å². The van der Waals surface area contributed by atoms with Crippen molar-refractivity contribution in [3.05, 3.63) is 88.8 Å². The number of aromatic nitrogens is 4. The second kappa shape index (κ2) is 9.64. The summed E-state index contributed by atoms with van der Waals surface area (Å²) in [5, 5.41) is 14.8. The summed E-state index contributed by atoms with van der Waals surface area (Å²) in [4.78, 5) is 37.1. The second-order valence-corrected chi connectivity index (χ2v) is 5.99. The van der Waals surface area contributed by atoms with E-state index in [2.05, 4.69) is 30.6 Å². The Labute approximate surface area is 170 Å². The maximum absolute atomic E-state index is 11.8. The highest BCUT2D eigenvalue weighted by atomic mass is 16.4. The van der Waals surface area contributed by atoms with Crippen LogP contribution in [0.2, 0.25) is 0 Å². The summed E-state index contributed by atoms with van der Waals surface area (Å²) in [5.41, 5.74) is 6.75. The van der Waals surface area contributed by atoms with Gasteiger partial charge in [-0.05, 0) is 36.4 Å². The molecule has 30 heavy (non-hydrogen) atoms. The van der Waals surface area contributed by atoms with Crippen LogP contribution in [0.3, 0.4) is 0 Å². The van der Waals surface area contributed by atoms with Crippen molar-refractivity contribution >= 4 is 28.8 Å². The van der Waals surface area contributed by atoms with Crippen molar-refractivity contribution in [2.24, 2.45) is 0 Å². The first-order valence-corrected chi connectivity index (χ1v) is 8.86. The number of carboxylic acids is 1. The smallest absolute Gasteiger partial charge is 0.335 e. The number of allylic oxidation sites excluding steroid dienone is 4. The molecule has 10 nitrogen and oxygen atoms in total. The van der Waals surface area contributed by atoms with Crippen LogP contribution in [0.15, 0.2) is 72.0 Å². The summed E-state index contributed by atoms with van der Waals surface area (Å²) in [5.74, 6) is -0.996. The Morgan fingerprint density at radius 1 is 1.07 bits per heavy atom. The number of fused-ring (bicyclic) bond motifs is 1. The minimum absolute atomic E-state index is 0.0128. The molecule has 1 aliphatic rings. The van der Waals surface area contributed by atoms with Crippen LogP contribution in [0.5, 0.6) is 0 Å². The molecule has 4 rings (SSSR count). The Balaban J connectivity index is 0.000000310. The highest BCUT2D eigenvalue weighted by molar-refractivity contribution is 5.88. The molecule has 0 aliphatic carbocycles. The summed E-state index contributed by atoms with van der Waals surface area (Å²) >= 11 is 0. The molecule has 0 unspecified atom stereocenters. The molecule has 0 spiro atoms. The van der Waals surface area contributed by atoms with E-state index in [1.165, 1.54) is 18.3 Å². The fourth-order valence-corrected chi connectivity index (χ4v) is 2.39. The number of hydrogen-bond donors (Lipinski definition) is 5. The van der Waals surface area contributed by atoms with Crippen LogP contribution < -0.4 is 21.9 Å². The minimum Gasteiger partial charge on any atom is -0.478 e. The third-order valence-corrected chi connectivity index (χ3v) is 3.81. The summed E-state index contributed by atoms with van der Waals surface area (Å²) in [6, 6.07) is 6.28. The van der Waals surface area contributed by atoms with E-state index in [-0.39, 0.29) is 22.7 Å². The molecule has 1 aromatic carbocycles. The Bertz CT molecular complexity index is 1170. The van der Waals surface area contributed by atoms with Crippen LogP contribution in [0.1, 0.15) is 16.1 Å². The molecule has 2 aromatic heterocycles. The monoisotopic (exact) mass is 405 g/mol. The number of carboxylic acid groups (broad SMARTS) is 1. The third kappa shape index (κ3) is 5.52. The van der Waals surface area contributed by atoms with E-state index in [1.54, 1.807) is 12.1 Å². The van der Waals surface area contributed by atoms with Gasteiger partial charge in [-0.15, -0.1) is 0 Å². The molecule has 0 saturated heterocycles. The van der Waals surface area contributed by atoms with Gasteiger partial charge in [-0.1, -0.05) is 12.2 Å². The molecule has 3 heterocycles. The number of benzene rings is 1. The lowest BCUT2D eigenvalue weighted by molar-refractivity contribution is 0.0697. The number of aromatic amines is 1. The molecular weight excluding hydrogens is 386 g/mol. The van der Waals surface area contributed by atoms with Gasteiger partial charge in [-0.3, -0.25) is 9.78 Å². The topological polar surface area (TPSA) is 159 Å². The van der Waals surface area contributed by atoms with Crippen molar-refractivity contribution in [1.82, 2.24) is 25.3 Å². The average Bonchev–Trinajstić information content (AvgIpc) is 3.06. The van der Waals surface area contributed by atoms with Gasteiger partial charge in [-0.25, -0.2) is 14.8 Å². The van der Waals surface area contributed by atoms with Crippen molar-refractivity contribution in [2.45, 2.75) is 6.54 Å². The van der Waals surface area contributed by atoms with Gasteiger partial charge < -0.3 is 21.5 Å². The fourth-order valence-electron chi connectivity index (χ4n) is 2.39.